The van der Waals surface area contributed by atoms with Gasteiger partial charge in [0.1, 0.15) is 10.7 Å². The average Bonchev–Trinajstić information content (AvgIpc) is 3.22. The molecule has 0 aliphatic carbocycles. The number of nitrogens with one attached hydrogen (secondary N) is 2. The van der Waals surface area contributed by atoms with Crippen molar-refractivity contribution in [3.8, 4) is 11.3 Å². The molecule has 33 heavy (non-hydrogen) atoms. The topological polar surface area (TPSA) is 66.4 Å². The number of amides is 1. The number of carbonyl (C=O) groups is 1. The van der Waals surface area contributed by atoms with E-state index in [9.17, 15) is 4.79 Å². The largest absolute Gasteiger partial charge is 0.312 e. The van der Waals surface area contributed by atoms with Crippen molar-refractivity contribution in [1.29, 1.82) is 0 Å². The van der Waals surface area contributed by atoms with E-state index in [0.29, 0.717) is 21.4 Å². The first kappa shape index (κ1) is 22.2. The molecular weight excluding hydrogens is 428 g/mol. The lowest BCUT2D eigenvalue weighted by atomic mass is 10.1. The van der Waals surface area contributed by atoms with Crippen molar-refractivity contribution < 1.29 is 4.79 Å². The number of hydrazone groups is 1. The van der Waals surface area contributed by atoms with Gasteiger partial charge in [0.2, 0.25) is 5.13 Å². The van der Waals surface area contributed by atoms with Gasteiger partial charge in [-0.2, -0.15) is 5.10 Å². The summed E-state index contributed by atoms with van der Waals surface area (Å²) in [4.78, 5) is 17.5. The third kappa shape index (κ3) is 6.02. The number of anilines is 2. The summed E-state index contributed by atoms with van der Waals surface area (Å²) in [6, 6.07) is 25.6. The van der Waals surface area contributed by atoms with Gasteiger partial charge >= 0.3 is 0 Å². The number of rotatable bonds is 7. The van der Waals surface area contributed by atoms with Crippen molar-refractivity contribution in [3.63, 3.8) is 0 Å². The lowest BCUT2D eigenvalue weighted by Crippen LogP contribution is -2.11. The highest BCUT2D eigenvalue weighted by Crippen LogP contribution is 2.36. The first-order chi connectivity index (χ1) is 16.1. The molecule has 0 radical (unpaired) electrons. The van der Waals surface area contributed by atoms with Crippen LogP contribution in [0.4, 0.5) is 10.1 Å². The van der Waals surface area contributed by atoms with Crippen LogP contribution in [-0.4, -0.2) is 17.1 Å². The van der Waals surface area contributed by atoms with Gasteiger partial charge in [0, 0.05) is 17.3 Å². The highest BCUT2D eigenvalue weighted by Gasteiger charge is 2.16. The van der Waals surface area contributed by atoms with Crippen LogP contribution < -0.4 is 10.7 Å². The minimum absolute atomic E-state index is 0.173. The standard InChI is InChI=1S/C27H24N4OS/c1-19-10-14-22(15-11-19)24-26(30-25(32)23-16-12-20(2)13-17-23)33-27(29-24)31-28-18-6-9-21-7-4-3-5-8-21/h3-18H,1-2H3,(H,29,31)(H,30,32)/b9-6+,28-18+. The van der Waals surface area contributed by atoms with Crippen LogP contribution in [0.5, 0.6) is 0 Å². The average molecular weight is 453 g/mol. The minimum Gasteiger partial charge on any atom is -0.312 e. The molecule has 0 atom stereocenters. The lowest BCUT2D eigenvalue weighted by Gasteiger charge is -2.06. The number of thiazole rings is 1. The summed E-state index contributed by atoms with van der Waals surface area (Å²) in [5.41, 5.74) is 8.57. The van der Waals surface area contributed by atoms with Gasteiger partial charge in [-0.1, -0.05) is 95.3 Å². The van der Waals surface area contributed by atoms with E-state index in [0.717, 1.165) is 22.3 Å². The van der Waals surface area contributed by atoms with E-state index in [-0.39, 0.29) is 5.91 Å². The smallest absolute Gasteiger partial charge is 0.256 e. The van der Waals surface area contributed by atoms with Crippen molar-refractivity contribution in [1.82, 2.24) is 4.98 Å². The second-order valence-corrected chi connectivity index (χ2v) is 8.54. The molecule has 0 aliphatic rings. The van der Waals surface area contributed by atoms with Crippen molar-refractivity contribution in [3.05, 3.63) is 107 Å². The maximum atomic E-state index is 12.8. The monoisotopic (exact) mass is 452 g/mol. The van der Waals surface area contributed by atoms with Gasteiger partial charge in [-0.3, -0.25) is 10.2 Å². The Balaban J connectivity index is 1.53. The number of benzene rings is 3. The Morgan fingerprint density at radius 2 is 1.58 bits per heavy atom. The summed E-state index contributed by atoms with van der Waals surface area (Å²) in [5, 5.41) is 8.51. The second kappa shape index (κ2) is 10.5. The van der Waals surface area contributed by atoms with Gasteiger partial charge in [0.15, 0.2) is 0 Å². The van der Waals surface area contributed by atoms with E-state index in [1.807, 2.05) is 105 Å². The van der Waals surface area contributed by atoms with Crippen LogP contribution in [0, 0.1) is 13.8 Å². The number of hydrogen-bond acceptors (Lipinski definition) is 5. The van der Waals surface area contributed by atoms with Crippen molar-refractivity contribution in [2.24, 2.45) is 5.10 Å². The van der Waals surface area contributed by atoms with Crippen LogP contribution in [0.1, 0.15) is 27.0 Å². The third-order valence-electron chi connectivity index (χ3n) is 4.90. The normalized spacial score (nSPS) is 11.2. The second-order valence-electron chi connectivity index (χ2n) is 7.54. The fourth-order valence-corrected chi connectivity index (χ4v) is 3.93. The summed E-state index contributed by atoms with van der Waals surface area (Å²) in [5.74, 6) is -0.173. The van der Waals surface area contributed by atoms with Gasteiger partial charge in [-0.05, 0) is 37.6 Å². The predicted molar refractivity (Wildman–Crippen MR) is 139 cm³/mol. The van der Waals surface area contributed by atoms with Crippen LogP contribution in [0.15, 0.2) is 90.0 Å². The van der Waals surface area contributed by atoms with E-state index in [4.69, 9.17) is 0 Å². The molecule has 6 heteroatoms. The summed E-state index contributed by atoms with van der Waals surface area (Å²) in [7, 11) is 0. The molecule has 3 aromatic carbocycles. The fraction of sp³-hybridized carbons (Fsp3) is 0.0741. The number of nitrogens with zero attached hydrogens (tertiary/aromatic N) is 2. The van der Waals surface area contributed by atoms with E-state index in [1.165, 1.54) is 11.3 Å². The Labute approximate surface area is 197 Å². The van der Waals surface area contributed by atoms with Crippen LogP contribution >= 0.6 is 11.3 Å². The maximum absolute atomic E-state index is 12.8. The molecule has 0 spiro atoms. The molecule has 0 saturated heterocycles. The van der Waals surface area contributed by atoms with Gasteiger partial charge in [0.05, 0.1) is 0 Å². The summed E-state index contributed by atoms with van der Waals surface area (Å²) >= 11 is 1.35. The summed E-state index contributed by atoms with van der Waals surface area (Å²) in [6.45, 7) is 4.03. The first-order valence-electron chi connectivity index (χ1n) is 10.6. The molecule has 1 aromatic heterocycles. The Morgan fingerprint density at radius 3 is 2.27 bits per heavy atom. The molecule has 164 valence electrons. The molecule has 1 amide bonds. The number of aromatic nitrogens is 1. The summed E-state index contributed by atoms with van der Waals surface area (Å²) < 4.78 is 0. The highest BCUT2D eigenvalue weighted by molar-refractivity contribution is 7.20. The van der Waals surface area contributed by atoms with E-state index >= 15 is 0 Å². The van der Waals surface area contributed by atoms with E-state index < -0.39 is 0 Å². The van der Waals surface area contributed by atoms with Gasteiger partial charge in [0.25, 0.3) is 5.91 Å². The predicted octanol–water partition coefficient (Wildman–Crippen LogP) is 6.79. The zero-order chi connectivity index (χ0) is 23.0. The molecule has 2 N–H and O–H groups in total. The Hall–Kier alpha value is -4.03. The van der Waals surface area contributed by atoms with Gasteiger partial charge in [-0.25, -0.2) is 4.98 Å². The molecule has 4 rings (SSSR count). The van der Waals surface area contributed by atoms with E-state index in [2.05, 4.69) is 20.8 Å². The third-order valence-corrected chi connectivity index (χ3v) is 5.78. The molecule has 5 nitrogen and oxygen atoms in total. The van der Waals surface area contributed by atoms with Crippen LogP contribution in [0.3, 0.4) is 0 Å². The van der Waals surface area contributed by atoms with Crippen LogP contribution in [0.25, 0.3) is 17.3 Å². The van der Waals surface area contributed by atoms with Gasteiger partial charge < -0.3 is 5.32 Å². The quantitative estimate of drug-likeness (QED) is 0.240. The van der Waals surface area contributed by atoms with Crippen molar-refractivity contribution in [2.75, 3.05) is 10.7 Å². The molecular formula is C27H24N4OS. The zero-order valence-corrected chi connectivity index (χ0v) is 19.3. The zero-order valence-electron chi connectivity index (χ0n) is 18.4. The molecule has 1 heterocycles. The van der Waals surface area contributed by atoms with Crippen LogP contribution in [0.2, 0.25) is 0 Å². The lowest BCUT2D eigenvalue weighted by molar-refractivity contribution is 0.102. The molecule has 0 unspecified atom stereocenters. The highest BCUT2D eigenvalue weighted by atomic mass is 32.1. The van der Waals surface area contributed by atoms with Crippen molar-refractivity contribution in [2.45, 2.75) is 13.8 Å². The molecule has 4 aromatic rings. The molecule has 0 aliphatic heterocycles. The molecule has 0 saturated carbocycles. The number of carbonyl (C=O) groups excluding carboxylic acids is 1. The SMILES string of the molecule is Cc1ccc(C(=O)Nc2sc(N/N=C/C=C/c3ccccc3)nc2-c2ccc(C)cc2)cc1. The Kier molecular flexibility index (Phi) is 7.07. The van der Waals surface area contributed by atoms with Crippen molar-refractivity contribution >= 4 is 39.7 Å². The number of hydrogen-bond donors (Lipinski definition) is 2. The molecule has 0 bridgehead atoms. The Bertz CT molecular complexity index is 1270. The minimum atomic E-state index is -0.173. The van der Waals surface area contributed by atoms with Gasteiger partial charge in [-0.15, -0.1) is 0 Å². The fourth-order valence-electron chi connectivity index (χ4n) is 3.09. The van der Waals surface area contributed by atoms with Crippen LogP contribution in [-0.2, 0) is 0 Å². The first-order valence-corrected chi connectivity index (χ1v) is 11.4. The van der Waals surface area contributed by atoms with E-state index in [1.54, 1.807) is 6.21 Å². The maximum Gasteiger partial charge on any atom is 0.256 e. The number of allylic oxidation sites excluding steroid dienone is 1. The Morgan fingerprint density at radius 1 is 0.909 bits per heavy atom. The summed E-state index contributed by atoms with van der Waals surface area (Å²) in [6.07, 6.45) is 5.50. The molecule has 0 fully saturated rings. The number of aryl methyl sites for hydroxylation is 2.